The van der Waals surface area contributed by atoms with E-state index >= 15 is 0 Å². The van der Waals surface area contributed by atoms with E-state index in [9.17, 15) is 4.79 Å². The molecule has 3 nitrogen and oxygen atoms in total. The number of nitrogens with one attached hydrogen (secondary N) is 1. The largest absolute Gasteiger partial charge is 0.450 e. The topological polar surface area (TPSA) is 38.3 Å². The van der Waals surface area contributed by atoms with Gasteiger partial charge < -0.3 is 4.74 Å². The SMILES string of the molecule is CCOC(=O)Nc1ccc(C(C)C)cc1Cl. The molecule has 1 aromatic rings. The predicted molar refractivity (Wildman–Crippen MR) is 66.2 cm³/mol. The van der Waals surface area contributed by atoms with Gasteiger partial charge in [0.05, 0.1) is 17.3 Å². The summed E-state index contributed by atoms with van der Waals surface area (Å²) in [6.45, 7) is 6.27. The number of hydrogen-bond acceptors (Lipinski definition) is 2. The second-order valence-electron chi connectivity index (χ2n) is 3.74. The highest BCUT2D eigenvalue weighted by molar-refractivity contribution is 6.33. The number of rotatable bonds is 3. The Hall–Kier alpha value is -1.22. The number of carbonyl (C=O) groups excluding carboxylic acids is 1. The lowest BCUT2D eigenvalue weighted by atomic mass is 10.0. The molecule has 88 valence electrons. The van der Waals surface area contributed by atoms with Crippen LogP contribution in [0.25, 0.3) is 0 Å². The summed E-state index contributed by atoms with van der Waals surface area (Å²) in [5.41, 5.74) is 1.71. The maximum atomic E-state index is 11.2. The third kappa shape index (κ3) is 3.42. The van der Waals surface area contributed by atoms with Crippen molar-refractivity contribution in [1.29, 1.82) is 0 Å². The summed E-state index contributed by atoms with van der Waals surface area (Å²) in [5.74, 6) is 0.411. The molecular weight excluding hydrogens is 226 g/mol. The molecule has 1 amide bonds. The fraction of sp³-hybridized carbons (Fsp3) is 0.417. The number of anilines is 1. The van der Waals surface area contributed by atoms with Crippen molar-refractivity contribution in [2.75, 3.05) is 11.9 Å². The van der Waals surface area contributed by atoms with Crippen LogP contribution in [0.2, 0.25) is 5.02 Å². The molecule has 0 saturated carbocycles. The molecule has 1 rings (SSSR count). The fourth-order valence-corrected chi connectivity index (χ4v) is 1.51. The molecule has 0 atom stereocenters. The highest BCUT2D eigenvalue weighted by Crippen LogP contribution is 2.26. The first kappa shape index (κ1) is 12.8. The third-order valence-electron chi connectivity index (χ3n) is 2.17. The van der Waals surface area contributed by atoms with Gasteiger partial charge in [0.25, 0.3) is 0 Å². The van der Waals surface area contributed by atoms with Gasteiger partial charge in [-0.05, 0) is 30.5 Å². The second-order valence-corrected chi connectivity index (χ2v) is 4.15. The average Bonchev–Trinajstić information content (AvgIpc) is 2.21. The molecule has 0 radical (unpaired) electrons. The number of amides is 1. The van der Waals surface area contributed by atoms with Crippen LogP contribution in [0.15, 0.2) is 18.2 Å². The van der Waals surface area contributed by atoms with Crippen LogP contribution in [0.5, 0.6) is 0 Å². The van der Waals surface area contributed by atoms with Crippen LogP contribution in [0.4, 0.5) is 10.5 Å². The predicted octanol–water partition coefficient (Wildman–Crippen LogP) is 4.03. The molecule has 0 aromatic heterocycles. The third-order valence-corrected chi connectivity index (χ3v) is 2.48. The molecule has 0 fully saturated rings. The van der Waals surface area contributed by atoms with Crippen LogP contribution < -0.4 is 5.32 Å². The Bertz CT molecular complexity index is 377. The summed E-state index contributed by atoms with van der Waals surface area (Å²) >= 11 is 6.05. The number of carbonyl (C=O) groups is 1. The van der Waals surface area contributed by atoms with E-state index in [-0.39, 0.29) is 0 Å². The summed E-state index contributed by atoms with van der Waals surface area (Å²) in [6.07, 6.45) is -0.485. The van der Waals surface area contributed by atoms with Crippen molar-refractivity contribution in [3.05, 3.63) is 28.8 Å². The van der Waals surface area contributed by atoms with Gasteiger partial charge in [-0.15, -0.1) is 0 Å². The standard InChI is InChI=1S/C12H16ClNO2/c1-4-16-12(15)14-11-6-5-9(8(2)3)7-10(11)13/h5-8H,4H2,1-3H3,(H,14,15). The van der Waals surface area contributed by atoms with Gasteiger partial charge in [0, 0.05) is 0 Å². The summed E-state index contributed by atoms with van der Waals surface area (Å²) < 4.78 is 4.77. The minimum Gasteiger partial charge on any atom is -0.450 e. The van der Waals surface area contributed by atoms with Gasteiger partial charge in [0.2, 0.25) is 0 Å². The molecule has 0 saturated heterocycles. The molecule has 0 aliphatic heterocycles. The van der Waals surface area contributed by atoms with Crippen molar-refractivity contribution >= 4 is 23.4 Å². The number of hydrogen-bond donors (Lipinski definition) is 1. The number of benzene rings is 1. The Morgan fingerprint density at radius 2 is 2.19 bits per heavy atom. The van der Waals surface area contributed by atoms with Gasteiger partial charge >= 0.3 is 6.09 Å². The van der Waals surface area contributed by atoms with Crippen molar-refractivity contribution in [3.63, 3.8) is 0 Å². The molecule has 1 N–H and O–H groups in total. The summed E-state index contributed by atoms with van der Waals surface area (Å²) in [7, 11) is 0. The Kier molecular flexibility index (Phi) is 4.62. The first-order chi connectivity index (χ1) is 7.54. The number of ether oxygens (including phenoxy) is 1. The second kappa shape index (κ2) is 5.75. The lowest BCUT2D eigenvalue weighted by Gasteiger charge is -2.10. The molecule has 4 heteroatoms. The van der Waals surface area contributed by atoms with E-state index in [1.54, 1.807) is 13.0 Å². The molecule has 16 heavy (non-hydrogen) atoms. The van der Waals surface area contributed by atoms with E-state index in [2.05, 4.69) is 19.2 Å². The van der Waals surface area contributed by atoms with E-state index < -0.39 is 6.09 Å². The zero-order chi connectivity index (χ0) is 12.1. The Balaban J connectivity index is 2.79. The van der Waals surface area contributed by atoms with Crippen LogP contribution in [-0.4, -0.2) is 12.7 Å². The molecule has 1 aromatic carbocycles. The van der Waals surface area contributed by atoms with E-state index in [1.165, 1.54) is 0 Å². The average molecular weight is 242 g/mol. The highest BCUT2D eigenvalue weighted by Gasteiger charge is 2.08. The van der Waals surface area contributed by atoms with Crippen LogP contribution in [0, 0.1) is 0 Å². The maximum Gasteiger partial charge on any atom is 0.411 e. The van der Waals surface area contributed by atoms with Gasteiger partial charge in [-0.3, -0.25) is 5.32 Å². The zero-order valence-corrected chi connectivity index (χ0v) is 10.5. The van der Waals surface area contributed by atoms with Crippen molar-refractivity contribution in [3.8, 4) is 0 Å². The molecule has 0 bridgehead atoms. The van der Waals surface area contributed by atoms with Crippen LogP contribution in [-0.2, 0) is 4.74 Å². The molecule has 0 spiro atoms. The Labute approximate surface area is 101 Å². The van der Waals surface area contributed by atoms with Crippen LogP contribution in [0.1, 0.15) is 32.3 Å². The quantitative estimate of drug-likeness (QED) is 0.868. The van der Waals surface area contributed by atoms with E-state index in [0.29, 0.717) is 23.2 Å². The summed E-state index contributed by atoms with van der Waals surface area (Å²) in [4.78, 5) is 11.2. The van der Waals surface area contributed by atoms with Gasteiger partial charge in [0.15, 0.2) is 0 Å². The summed E-state index contributed by atoms with van der Waals surface area (Å²) in [6, 6.07) is 5.58. The van der Waals surface area contributed by atoms with E-state index in [1.807, 2.05) is 12.1 Å². The smallest absolute Gasteiger partial charge is 0.411 e. The van der Waals surface area contributed by atoms with E-state index in [4.69, 9.17) is 16.3 Å². The van der Waals surface area contributed by atoms with Crippen LogP contribution >= 0.6 is 11.6 Å². The minimum atomic E-state index is -0.485. The Morgan fingerprint density at radius 3 is 2.69 bits per heavy atom. The van der Waals surface area contributed by atoms with Crippen molar-refractivity contribution in [1.82, 2.24) is 0 Å². The molecule has 0 aliphatic carbocycles. The van der Waals surface area contributed by atoms with Gasteiger partial charge in [0.1, 0.15) is 0 Å². The number of halogens is 1. The Morgan fingerprint density at radius 1 is 1.50 bits per heavy atom. The molecule has 0 aliphatic rings. The molecule has 0 heterocycles. The van der Waals surface area contributed by atoms with Gasteiger partial charge in [-0.25, -0.2) is 4.79 Å². The normalized spacial score (nSPS) is 10.3. The zero-order valence-electron chi connectivity index (χ0n) is 9.71. The first-order valence-electron chi connectivity index (χ1n) is 5.27. The fourth-order valence-electron chi connectivity index (χ4n) is 1.27. The lowest BCUT2D eigenvalue weighted by Crippen LogP contribution is -2.13. The monoisotopic (exact) mass is 241 g/mol. The van der Waals surface area contributed by atoms with Crippen LogP contribution in [0.3, 0.4) is 0 Å². The first-order valence-corrected chi connectivity index (χ1v) is 5.65. The molecular formula is C12H16ClNO2. The van der Waals surface area contributed by atoms with Crippen molar-refractivity contribution in [2.24, 2.45) is 0 Å². The van der Waals surface area contributed by atoms with Gasteiger partial charge in [-0.2, -0.15) is 0 Å². The lowest BCUT2D eigenvalue weighted by molar-refractivity contribution is 0.168. The molecule has 0 unspecified atom stereocenters. The van der Waals surface area contributed by atoms with E-state index in [0.717, 1.165) is 5.56 Å². The minimum absolute atomic E-state index is 0.341. The van der Waals surface area contributed by atoms with Gasteiger partial charge in [-0.1, -0.05) is 31.5 Å². The maximum absolute atomic E-state index is 11.2. The highest BCUT2D eigenvalue weighted by atomic mass is 35.5. The van der Waals surface area contributed by atoms with Crippen molar-refractivity contribution in [2.45, 2.75) is 26.7 Å². The summed E-state index contributed by atoms with van der Waals surface area (Å²) in [5, 5.41) is 3.11. The van der Waals surface area contributed by atoms with Crippen molar-refractivity contribution < 1.29 is 9.53 Å².